The lowest BCUT2D eigenvalue weighted by atomic mass is 10.0. The summed E-state index contributed by atoms with van der Waals surface area (Å²) >= 11 is 6.52. The summed E-state index contributed by atoms with van der Waals surface area (Å²) in [5, 5.41) is 4.87. The highest BCUT2D eigenvalue weighted by Gasteiger charge is 2.26. The van der Waals surface area contributed by atoms with E-state index in [0.29, 0.717) is 12.3 Å². The molecule has 0 saturated carbocycles. The van der Waals surface area contributed by atoms with Crippen molar-refractivity contribution in [2.45, 2.75) is 46.1 Å². The number of rotatable bonds is 5. The van der Waals surface area contributed by atoms with Crippen molar-refractivity contribution in [3.63, 3.8) is 0 Å². The van der Waals surface area contributed by atoms with Crippen molar-refractivity contribution in [3.8, 4) is 0 Å². The van der Waals surface area contributed by atoms with E-state index in [4.69, 9.17) is 16.0 Å². The molecular formula is C25H29ClN2O2. The third kappa shape index (κ3) is 4.12. The number of likely N-dealkylation sites (tertiary alicyclic amines) is 1. The van der Waals surface area contributed by atoms with Crippen LogP contribution < -0.4 is 5.32 Å². The molecule has 4 nitrogen and oxygen atoms in total. The van der Waals surface area contributed by atoms with Crippen molar-refractivity contribution in [2.24, 2.45) is 0 Å². The molecule has 4 rings (SSSR count). The number of furan rings is 1. The first-order valence-electron chi connectivity index (χ1n) is 10.7. The number of carbonyl (C=O) groups excluding carboxylic acids is 1. The predicted molar refractivity (Wildman–Crippen MR) is 122 cm³/mol. The Balaban J connectivity index is 1.57. The molecule has 1 N–H and O–H groups in total. The smallest absolute Gasteiger partial charge is 0.287 e. The van der Waals surface area contributed by atoms with Crippen LogP contribution in [0.4, 0.5) is 0 Å². The number of hydrogen-bond acceptors (Lipinski definition) is 3. The van der Waals surface area contributed by atoms with Crippen LogP contribution in [0.2, 0.25) is 5.02 Å². The molecule has 0 unspecified atom stereocenters. The second-order valence-corrected chi connectivity index (χ2v) is 8.74. The second-order valence-electron chi connectivity index (χ2n) is 8.33. The molecular weight excluding hydrogens is 396 g/mol. The first kappa shape index (κ1) is 21.0. The molecule has 0 aliphatic carbocycles. The lowest BCUT2D eigenvalue weighted by Gasteiger charge is -2.35. The van der Waals surface area contributed by atoms with Crippen LogP contribution in [0.3, 0.4) is 0 Å². The third-order valence-corrected chi connectivity index (χ3v) is 6.65. The summed E-state index contributed by atoms with van der Waals surface area (Å²) in [7, 11) is 0. The van der Waals surface area contributed by atoms with Gasteiger partial charge in [0.25, 0.3) is 5.91 Å². The average molecular weight is 425 g/mol. The molecule has 0 bridgehead atoms. The summed E-state index contributed by atoms with van der Waals surface area (Å²) in [6.45, 7) is 8.62. The number of piperidine rings is 1. The molecule has 1 aliphatic rings. The van der Waals surface area contributed by atoms with E-state index in [9.17, 15) is 4.79 Å². The van der Waals surface area contributed by atoms with Crippen LogP contribution in [0.25, 0.3) is 11.0 Å². The average Bonchev–Trinajstić information content (AvgIpc) is 3.06. The SMILES string of the molecule is Cc1cc2oc(C(=O)NC[C@@H](c3ccccc3Cl)N3CCCCC3)c(C)c2cc1C. The maximum absolute atomic E-state index is 13.1. The summed E-state index contributed by atoms with van der Waals surface area (Å²) in [4.78, 5) is 15.5. The zero-order valence-electron chi connectivity index (χ0n) is 17.9. The third-order valence-electron chi connectivity index (χ3n) is 6.31. The maximum atomic E-state index is 13.1. The van der Waals surface area contributed by atoms with Crippen LogP contribution >= 0.6 is 11.6 Å². The van der Waals surface area contributed by atoms with E-state index in [1.807, 2.05) is 31.2 Å². The van der Waals surface area contributed by atoms with Crippen molar-refractivity contribution in [2.75, 3.05) is 19.6 Å². The van der Waals surface area contributed by atoms with Gasteiger partial charge in [-0.25, -0.2) is 0 Å². The Kier molecular flexibility index (Phi) is 6.16. The van der Waals surface area contributed by atoms with Gasteiger partial charge in [-0.3, -0.25) is 9.69 Å². The fourth-order valence-electron chi connectivity index (χ4n) is 4.37. The molecule has 1 saturated heterocycles. The number of hydrogen-bond donors (Lipinski definition) is 1. The lowest BCUT2D eigenvalue weighted by Crippen LogP contribution is -2.40. The van der Waals surface area contributed by atoms with Crippen molar-refractivity contribution in [1.29, 1.82) is 0 Å². The Morgan fingerprint density at radius 1 is 1.10 bits per heavy atom. The highest BCUT2D eigenvalue weighted by Crippen LogP contribution is 2.31. The number of aryl methyl sites for hydroxylation is 3. The zero-order valence-corrected chi connectivity index (χ0v) is 18.7. The number of nitrogens with one attached hydrogen (secondary N) is 1. The van der Waals surface area contributed by atoms with Gasteiger partial charge in [-0.05, 0) is 81.6 Å². The van der Waals surface area contributed by atoms with Crippen LogP contribution in [-0.4, -0.2) is 30.4 Å². The van der Waals surface area contributed by atoms with Gasteiger partial charge in [0.2, 0.25) is 0 Å². The molecule has 3 aromatic rings. The fraction of sp³-hybridized carbons (Fsp3) is 0.400. The molecule has 0 radical (unpaired) electrons. The van der Waals surface area contributed by atoms with Gasteiger partial charge in [-0.2, -0.15) is 0 Å². The molecule has 1 aliphatic heterocycles. The zero-order chi connectivity index (χ0) is 21.3. The highest BCUT2D eigenvalue weighted by atomic mass is 35.5. The second kappa shape index (κ2) is 8.83. The van der Waals surface area contributed by atoms with E-state index in [1.165, 1.54) is 24.8 Å². The Morgan fingerprint density at radius 2 is 1.80 bits per heavy atom. The molecule has 2 heterocycles. The molecule has 1 aromatic heterocycles. The van der Waals surface area contributed by atoms with Crippen LogP contribution in [0, 0.1) is 20.8 Å². The van der Waals surface area contributed by atoms with Gasteiger partial charge in [0, 0.05) is 22.5 Å². The monoisotopic (exact) mass is 424 g/mol. The number of nitrogens with zero attached hydrogens (tertiary/aromatic N) is 1. The minimum atomic E-state index is -0.173. The number of fused-ring (bicyclic) bond motifs is 1. The van der Waals surface area contributed by atoms with Gasteiger partial charge < -0.3 is 9.73 Å². The van der Waals surface area contributed by atoms with E-state index in [-0.39, 0.29) is 11.9 Å². The standard InChI is InChI=1S/C25H29ClN2O2/c1-16-13-20-18(3)24(30-23(20)14-17(16)2)25(29)27-15-22(28-11-7-4-8-12-28)19-9-5-6-10-21(19)26/h5-6,9-10,13-14,22H,4,7-8,11-12,15H2,1-3H3,(H,27,29)/t22-/m0/s1. The van der Waals surface area contributed by atoms with E-state index >= 15 is 0 Å². The van der Waals surface area contributed by atoms with Gasteiger partial charge in [-0.1, -0.05) is 36.2 Å². The van der Waals surface area contributed by atoms with E-state index in [0.717, 1.165) is 45.8 Å². The molecule has 30 heavy (non-hydrogen) atoms. The summed E-state index contributed by atoms with van der Waals surface area (Å²) in [5.74, 6) is 0.222. The lowest BCUT2D eigenvalue weighted by molar-refractivity contribution is 0.0898. The van der Waals surface area contributed by atoms with Crippen molar-refractivity contribution in [1.82, 2.24) is 10.2 Å². The van der Waals surface area contributed by atoms with Crippen molar-refractivity contribution >= 4 is 28.5 Å². The summed E-state index contributed by atoms with van der Waals surface area (Å²) < 4.78 is 5.95. The first-order chi connectivity index (χ1) is 14.5. The van der Waals surface area contributed by atoms with Crippen LogP contribution in [0.15, 0.2) is 40.8 Å². The number of carbonyl (C=O) groups is 1. The molecule has 1 amide bonds. The van der Waals surface area contributed by atoms with Gasteiger partial charge in [0.15, 0.2) is 5.76 Å². The molecule has 1 atom stereocenters. The summed E-state index contributed by atoms with van der Waals surface area (Å²) in [6, 6.07) is 12.1. The van der Waals surface area contributed by atoms with Crippen molar-refractivity contribution in [3.05, 3.63) is 69.4 Å². The normalized spacial score (nSPS) is 16.0. The molecule has 158 valence electrons. The van der Waals surface area contributed by atoms with Crippen LogP contribution in [0.1, 0.15) is 58.1 Å². The number of halogens is 1. The minimum Gasteiger partial charge on any atom is -0.451 e. The highest BCUT2D eigenvalue weighted by molar-refractivity contribution is 6.31. The largest absolute Gasteiger partial charge is 0.451 e. The fourth-order valence-corrected chi connectivity index (χ4v) is 4.64. The van der Waals surface area contributed by atoms with E-state index < -0.39 is 0 Å². The van der Waals surface area contributed by atoms with Gasteiger partial charge in [-0.15, -0.1) is 0 Å². The number of benzene rings is 2. The minimum absolute atomic E-state index is 0.0529. The van der Waals surface area contributed by atoms with Crippen LogP contribution in [0.5, 0.6) is 0 Å². The summed E-state index contributed by atoms with van der Waals surface area (Å²) in [6.07, 6.45) is 3.61. The maximum Gasteiger partial charge on any atom is 0.287 e. The Labute approximate surface area is 183 Å². The first-order valence-corrected chi connectivity index (χ1v) is 11.1. The molecule has 5 heteroatoms. The molecule has 0 spiro atoms. The topological polar surface area (TPSA) is 45.5 Å². The van der Waals surface area contributed by atoms with E-state index in [1.54, 1.807) is 0 Å². The Hall–Kier alpha value is -2.30. The van der Waals surface area contributed by atoms with Crippen LogP contribution in [-0.2, 0) is 0 Å². The Bertz CT molecular complexity index is 1070. The number of amides is 1. The van der Waals surface area contributed by atoms with Gasteiger partial charge in [0.05, 0.1) is 6.04 Å². The van der Waals surface area contributed by atoms with Gasteiger partial charge >= 0.3 is 0 Å². The quantitative estimate of drug-likeness (QED) is 0.548. The van der Waals surface area contributed by atoms with Crippen molar-refractivity contribution < 1.29 is 9.21 Å². The molecule has 2 aromatic carbocycles. The van der Waals surface area contributed by atoms with Gasteiger partial charge in [0.1, 0.15) is 5.58 Å². The summed E-state index contributed by atoms with van der Waals surface area (Å²) in [5.41, 5.74) is 5.07. The van der Waals surface area contributed by atoms with E-state index in [2.05, 4.69) is 36.2 Å². The molecule has 1 fully saturated rings. The Morgan fingerprint density at radius 3 is 2.53 bits per heavy atom. The predicted octanol–water partition coefficient (Wildman–Crippen LogP) is 5.97.